The summed E-state index contributed by atoms with van der Waals surface area (Å²) in [5, 5.41) is 3.94. The minimum absolute atomic E-state index is 0.388. The van der Waals surface area contributed by atoms with E-state index >= 15 is 0 Å². The third kappa shape index (κ3) is 2.48. The molecule has 0 amide bonds. The lowest BCUT2D eigenvalue weighted by Gasteiger charge is -1.94. The quantitative estimate of drug-likeness (QED) is 0.735. The van der Waals surface area contributed by atoms with E-state index in [0.717, 1.165) is 10.0 Å². The first-order valence-electron chi connectivity index (χ1n) is 5.54. The predicted octanol–water partition coefficient (Wildman–Crippen LogP) is 3.14. The molecule has 2 N–H and O–H groups in total. The summed E-state index contributed by atoms with van der Waals surface area (Å²) in [5.74, 6) is 0.902. The van der Waals surface area contributed by atoms with E-state index in [1.54, 1.807) is 18.3 Å². The van der Waals surface area contributed by atoms with Gasteiger partial charge in [0.05, 0.1) is 0 Å². The molecule has 0 bridgehead atoms. The summed E-state index contributed by atoms with van der Waals surface area (Å²) in [6, 6.07) is 11.0. The van der Waals surface area contributed by atoms with E-state index in [-0.39, 0.29) is 0 Å². The molecule has 3 rings (SSSR count). The average molecular weight is 317 g/mol. The summed E-state index contributed by atoms with van der Waals surface area (Å²) in [6.07, 6.45) is 1.68. The van der Waals surface area contributed by atoms with Gasteiger partial charge in [-0.05, 0) is 52.3 Å². The molecule has 94 valence electrons. The van der Waals surface area contributed by atoms with Crippen molar-refractivity contribution in [2.24, 2.45) is 0 Å². The molecule has 0 atom stereocenters. The SMILES string of the molecule is Nc1ccc(-c2noc(-c3ccc(Br)cn3)n2)cc1. The van der Waals surface area contributed by atoms with E-state index in [9.17, 15) is 0 Å². The fourth-order valence-corrected chi connectivity index (χ4v) is 1.81. The standard InChI is InChI=1S/C13H9BrN4O/c14-9-3-6-11(16-7-9)13-17-12(18-19-13)8-1-4-10(15)5-2-8/h1-7H,15H2. The molecule has 0 spiro atoms. The number of nitrogens with zero attached hydrogens (tertiary/aromatic N) is 3. The molecule has 3 aromatic rings. The lowest BCUT2D eigenvalue weighted by molar-refractivity contribution is 0.431. The molecule has 0 saturated heterocycles. The van der Waals surface area contributed by atoms with Gasteiger partial charge < -0.3 is 10.3 Å². The average Bonchev–Trinajstić information content (AvgIpc) is 2.90. The van der Waals surface area contributed by atoms with Crippen LogP contribution in [0.15, 0.2) is 51.6 Å². The van der Waals surface area contributed by atoms with E-state index in [0.29, 0.717) is 23.1 Å². The first-order chi connectivity index (χ1) is 9.22. The van der Waals surface area contributed by atoms with Crippen LogP contribution in [0.3, 0.4) is 0 Å². The van der Waals surface area contributed by atoms with Gasteiger partial charge in [0.1, 0.15) is 5.69 Å². The van der Waals surface area contributed by atoms with Gasteiger partial charge >= 0.3 is 0 Å². The van der Waals surface area contributed by atoms with E-state index in [1.165, 1.54) is 0 Å². The van der Waals surface area contributed by atoms with Gasteiger partial charge in [-0.25, -0.2) is 4.98 Å². The minimum Gasteiger partial charge on any atom is -0.399 e. The summed E-state index contributed by atoms with van der Waals surface area (Å²) < 4.78 is 6.10. The van der Waals surface area contributed by atoms with Crippen molar-refractivity contribution in [1.82, 2.24) is 15.1 Å². The van der Waals surface area contributed by atoms with Crippen LogP contribution in [-0.2, 0) is 0 Å². The van der Waals surface area contributed by atoms with Crippen LogP contribution in [0.1, 0.15) is 0 Å². The van der Waals surface area contributed by atoms with Gasteiger partial charge in [0.15, 0.2) is 0 Å². The van der Waals surface area contributed by atoms with Gasteiger partial charge in [0.25, 0.3) is 5.89 Å². The monoisotopic (exact) mass is 316 g/mol. The number of nitrogen functional groups attached to an aromatic ring is 1. The molecule has 0 unspecified atom stereocenters. The Balaban J connectivity index is 1.95. The third-order valence-corrected chi connectivity index (χ3v) is 3.01. The number of anilines is 1. The molecule has 0 fully saturated rings. The largest absolute Gasteiger partial charge is 0.399 e. The Kier molecular flexibility index (Phi) is 3.00. The lowest BCUT2D eigenvalue weighted by Crippen LogP contribution is -1.86. The Bertz CT molecular complexity index is 631. The second-order valence-electron chi connectivity index (χ2n) is 3.91. The summed E-state index contributed by atoms with van der Waals surface area (Å²) >= 11 is 3.33. The number of halogens is 1. The number of benzene rings is 1. The van der Waals surface area contributed by atoms with Gasteiger partial charge in [-0.15, -0.1) is 0 Å². The van der Waals surface area contributed by atoms with Crippen molar-refractivity contribution in [2.75, 3.05) is 5.73 Å². The van der Waals surface area contributed by atoms with E-state index in [4.69, 9.17) is 10.3 Å². The van der Waals surface area contributed by atoms with Crippen molar-refractivity contribution < 1.29 is 4.52 Å². The number of hydrogen-bond donors (Lipinski definition) is 1. The fourth-order valence-electron chi connectivity index (χ4n) is 1.58. The highest BCUT2D eigenvalue weighted by molar-refractivity contribution is 9.10. The molecule has 0 aliphatic carbocycles. The Morgan fingerprint density at radius 1 is 1.05 bits per heavy atom. The van der Waals surface area contributed by atoms with Crippen molar-refractivity contribution >= 4 is 21.6 Å². The van der Waals surface area contributed by atoms with Gasteiger partial charge in [-0.1, -0.05) is 5.16 Å². The summed E-state index contributed by atoms with van der Waals surface area (Å²) in [6.45, 7) is 0. The van der Waals surface area contributed by atoms with E-state index in [1.807, 2.05) is 24.3 Å². The van der Waals surface area contributed by atoms with E-state index < -0.39 is 0 Å². The number of rotatable bonds is 2. The lowest BCUT2D eigenvalue weighted by atomic mass is 10.2. The zero-order valence-electron chi connectivity index (χ0n) is 9.75. The zero-order valence-corrected chi connectivity index (χ0v) is 11.3. The number of nitrogens with two attached hydrogens (primary N) is 1. The summed E-state index contributed by atoms with van der Waals surface area (Å²) in [5.41, 5.74) is 7.82. The van der Waals surface area contributed by atoms with Crippen LogP contribution in [-0.4, -0.2) is 15.1 Å². The van der Waals surface area contributed by atoms with Crippen LogP contribution >= 0.6 is 15.9 Å². The molecule has 6 heteroatoms. The van der Waals surface area contributed by atoms with Crippen LogP contribution < -0.4 is 5.73 Å². The summed E-state index contributed by atoms with van der Waals surface area (Å²) in [4.78, 5) is 8.52. The molecule has 0 saturated carbocycles. The smallest absolute Gasteiger partial charge is 0.276 e. The maximum Gasteiger partial charge on any atom is 0.276 e. The molecule has 0 aliphatic rings. The maximum atomic E-state index is 5.64. The molecular formula is C13H9BrN4O. The molecule has 1 aromatic carbocycles. The third-order valence-electron chi connectivity index (χ3n) is 2.54. The first-order valence-corrected chi connectivity index (χ1v) is 6.33. The Morgan fingerprint density at radius 2 is 1.84 bits per heavy atom. The van der Waals surface area contributed by atoms with Gasteiger partial charge in [-0.2, -0.15) is 4.98 Å². The minimum atomic E-state index is 0.388. The second kappa shape index (κ2) is 4.81. The highest BCUT2D eigenvalue weighted by atomic mass is 79.9. The molecular weight excluding hydrogens is 308 g/mol. The van der Waals surface area contributed by atoms with Gasteiger partial charge in [0, 0.05) is 21.9 Å². The van der Waals surface area contributed by atoms with Crippen molar-refractivity contribution in [2.45, 2.75) is 0 Å². The van der Waals surface area contributed by atoms with Crippen molar-refractivity contribution in [3.8, 4) is 23.0 Å². The topological polar surface area (TPSA) is 77.8 Å². The fraction of sp³-hybridized carbons (Fsp3) is 0. The van der Waals surface area contributed by atoms with Crippen LogP contribution in [0.25, 0.3) is 23.0 Å². The normalized spacial score (nSPS) is 10.6. The molecule has 5 nitrogen and oxygen atoms in total. The summed E-state index contributed by atoms with van der Waals surface area (Å²) in [7, 11) is 0. The molecule has 2 aromatic heterocycles. The predicted molar refractivity (Wildman–Crippen MR) is 75.1 cm³/mol. The second-order valence-corrected chi connectivity index (χ2v) is 4.82. The first kappa shape index (κ1) is 11.9. The Labute approximate surface area is 117 Å². The molecule has 0 aliphatic heterocycles. The zero-order chi connectivity index (χ0) is 13.2. The highest BCUT2D eigenvalue weighted by Crippen LogP contribution is 2.22. The molecule has 0 radical (unpaired) electrons. The van der Waals surface area contributed by atoms with Gasteiger partial charge in [-0.3, -0.25) is 0 Å². The van der Waals surface area contributed by atoms with Crippen LogP contribution in [0.2, 0.25) is 0 Å². The molecule has 19 heavy (non-hydrogen) atoms. The highest BCUT2D eigenvalue weighted by Gasteiger charge is 2.11. The van der Waals surface area contributed by atoms with Crippen LogP contribution in [0, 0.1) is 0 Å². The van der Waals surface area contributed by atoms with Crippen LogP contribution in [0.4, 0.5) is 5.69 Å². The Morgan fingerprint density at radius 3 is 2.53 bits per heavy atom. The van der Waals surface area contributed by atoms with Crippen molar-refractivity contribution in [1.29, 1.82) is 0 Å². The number of pyridine rings is 1. The molecule has 2 heterocycles. The van der Waals surface area contributed by atoms with Crippen LogP contribution in [0.5, 0.6) is 0 Å². The number of aromatic nitrogens is 3. The van der Waals surface area contributed by atoms with Crippen molar-refractivity contribution in [3.63, 3.8) is 0 Å². The van der Waals surface area contributed by atoms with Crippen molar-refractivity contribution in [3.05, 3.63) is 47.1 Å². The number of hydrogen-bond acceptors (Lipinski definition) is 5. The van der Waals surface area contributed by atoms with E-state index in [2.05, 4.69) is 31.1 Å². The Hall–Kier alpha value is -2.21. The maximum absolute atomic E-state index is 5.64. The van der Waals surface area contributed by atoms with Gasteiger partial charge in [0.2, 0.25) is 5.82 Å².